The first-order chi connectivity index (χ1) is 11.3. The fourth-order valence-electron chi connectivity index (χ4n) is 2.65. The van der Waals surface area contributed by atoms with Gasteiger partial charge in [0.25, 0.3) is 5.91 Å². The molecule has 1 atom stereocenters. The maximum absolute atomic E-state index is 12.6. The third kappa shape index (κ3) is 4.92. The van der Waals surface area contributed by atoms with Gasteiger partial charge in [-0.2, -0.15) is 4.31 Å². The predicted octanol–water partition coefficient (Wildman–Crippen LogP) is 0.144. The molecule has 0 saturated carbocycles. The van der Waals surface area contributed by atoms with Crippen LogP contribution in [0.5, 0.6) is 0 Å². The number of halogens is 1. The van der Waals surface area contributed by atoms with Crippen LogP contribution < -0.4 is 10.2 Å². The number of quaternary nitrogens is 1. The zero-order chi connectivity index (χ0) is 17.7. The summed E-state index contributed by atoms with van der Waals surface area (Å²) in [6, 6.07) is 6.48. The molecule has 1 amide bonds. The monoisotopic (exact) mass is 374 g/mol. The highest BCUT2D eigenvalue weighted by molar-refractivity contribution is 7.89. The molecule has 8 heteroatoms. The Balaban J connectivity index is 1.91. The van der Waals surface area contributed by atoms with Crippen molar-refractivity contribution < 1.29 is 18.1 Å². The van der Waals surface area contributed by atoms with E-state index in [1.807, 2.05) is 13.8 Å². The number of nitrogens with one attached hydrogen (secondary N) is 2. The van der Waals surface area contributed by atoms with Crippen molar-refractivity contribution >= 4 is 27.5 Å². The number of hydrogen-bond acceptors (Lipinski definition) is 3. The zero-order valence-corrected chi connectivity index (χ0v) is 15.7. The molecular weight excluding hydrogens is 350 g/mol. The van der Waals surface area contributed by atoms with E-state index in [-0.39, 0.29) is 16.8 Å². The molecule has 0 radical (unpaired) electrons. The Morgan fingerprint density at radius 3 is 2.62 bits per heavy atom. The molecule has 1 saturated heterocycles. The lowest BCUT2D eigenvalue weighted by atomic mass is 10.2. The molecular formula is C16H25ClN3O3S+. The smallest absolute Gasteiger partial charge is 0.275 e. The Morgan fingerprint density at radius 1 is 1.38 bits per heavy atom. The van der Waals surface area contributed by atoms with Gasteiger partial charge in [-0.1, -0.05) is 24.6 Å². The summed E-state index contributed by atoms with van der Waals surface area (Å²) >= 11 is 5.89. The Labute approximate surface area is 148 Å². The highest BCUT2D eigenvalue weighted by Gasteiger charge is 2.31. The summed E-state index contributed by atoms with van der Waals surface area (Å²) in [6.45, 7) is 6.43. The molecule has 0 aromatic heterocycles. The van der Waals surface area contributed by atoms with E-state index in [1.54, 1.807) is 18.2 Å². The second-order valence-electron chi connectivity index (χ2n) is 6.17. The second kappa shape index (κ2) is 8.29. The van der Waals surface area contributed by atoms with E-state index < -0.39 is 10.0 Å². The van der Waals surface area contributed by atoms with E-state index in [2.05, 4.69) is 5.32 Å². The van der Waals surface area contributed by atoms with Gasteiger partial charge in [0.05, 0.1) is 31.1 Å². The zero-order valence-electron chi connectivity index (χ0n) is 14.1. The molecule has 1 aromatic carbocycles. The molecule has 1 fully saturated rings. The van der Waals surface area contributed by atoms with Crippen molar-refractivity contribution in [3.05, 3.63) is 29.3 Å². The number of carbonyl (C=O) groups is 1. The van der Waals surface area contributed by atoms with Crippen LogP contribution in [-0.2, 0) is 14.8 Å². The number of hydrogen-bond donors (Lipinski definition) is 2. The van der Waals surface area contributed by atoms with Gasteiger partial charge in [-0.15, -0.1) is 0 Å². The second-order valence-corrected chi connectivity index (χ2v) is 8.54. The molecule has 1 aliphatic rings. The van der Waals surface area contributed by atoms with Crippen LogP contribution >= 0.6 is 11.6 Å². The minimum Gasteiger partial charge on any atom is -0.349 e. The minimum absolute atomic E-state index is 0.0190. The van der Waals surface area contributed by atoms with Crippen LogP contribution in [0, 0.1) is 0 Å². The molecule has 0 aliphatic carbocycles. The van der Waals surface area contributed by atoms with Gasteiger partial charge in [-0.05, 0) is 31.5 Å². The molecule has 1 aromatic rings. The van der Waals surface area contributed by atoms with Crippen LogP contribution in [0.2, 0.25) is 5.02 Å². The first-order valence-electron chi connectivity index (χ1n) is 8.21. The van der Waals surface area contributed by atoms with E-state index in [0.29, 0.717) is 37.7 Å². The SMILES string of the molecule is CC[C@H](C)NC(=O)C[NH+]1CCN(S(=O)(=O)c2cccc(Cl)c2)CC1. The Kier molecular flexibility index (Phi) is 6.62. The van der Waals surface area contributed by atoms with E-state index in [4.69, 9.17) is 11.6 Å². The van der Waals surface area contributed by atoms with Crippen molar-refractivity contribution in [2.45, 2.75) is 31.2 Å². The number of nitrogens with zero attached hydrogens (tertiary/aromatic N) is 1. The van der Waals surface area contributed by atoms with Gasteiger partial charge in [0.1, 0.15) is 0 Å². The third-order valence-electron chi connectivity index (χ3n) is 4.29. The van der Waals surface area contributed by atoms with E-state index in [0.717, 1.165) is 11.3 Å². The fraction of sp³-hybridized carbons (Fsp3) is 0.562. The van der Waals surface area contributed by atoms with Crippen molar-refractivity contribution in [3.63, 3.8) is 0 Å². The Bertz CT molecular complexity index is 673. The van der Waals surface area contributed by atoms with Crippen LogP contribution in [0.1, 0.15) is 20.3 Å². The van der Waals surface area contributed by atoms with Crippen molar-refractivity contribution in [1.82, 2.24) is 9.62 Å². The number of sulfonamides is 1. The maximum Gasteiger partial charge on any atom is 0.275 e. The van der Waals surface area contributed by atoms with Crippen molar-refractivity contribution in [2.24, 2.45) is 0 Å². The maximum atomic E-state index is 12.6. The van der Waals surface area contributed by atoms with Gasteiger partial charge in [-0.3, -0.25) is 4.79 Å². The molecule has 134 valence electrons. The highest BCUT2D eigenvalue weighted by atomic mass is 35.5. The number of rotatable bonds is 6. The summed E-state index contributed by atoms with van der Waals surface area (Å²) in [6.07, 6.45) is 0.896. The normalized spacial score (nSPS) is 18.3. The average molecular weight is 375 g/mol. The number of piperazine rings is 1. The molecule has 0 bridgehead atoms. The Hall–Kier alpha value is -1.15. The first-order valence-corrected chi connectivity index (χ1v) is 10.0. The first kappa shape index (κ1) is 19.2. The largest absolute Gasteiger partial charge is 0.349 e. The molecule has 6 nitrogen and oxygen atoms in total. The van der Waals surface area contributed by atoms with Crippen molar-refractivity contribution in [3.8, 4) is 0 Å². The molecule has 24 heavy (non-hydrogen) atoms. The summed E-state index contributed by atoms with van der Waals surface area (Å²) in [5.74, 6) is 0.0190. The van der Waals surface area contributed by atoms with Crippen LogP contribution in [0.25, 0.3) is 0 Å². The van der Waals surface area contributed by atoms with E-state index in [9.17, 15) is 13.2 Å². The minimum atomic E-state index is -3.52. The van der Waals surface area contributed by atoms with Crippen molar-refractivity contribution in [1.29, 1.82) is 0 Å². The summed E-state index contributed by atoms with van der Waals surface area (Å²) in [5, 5.41) is 3.35. The number of benzene rings is 1. The lowest BCUT2D eigenvalue weighted by Crippen LogP contribution is -3.15. The highest BCUT2D eigenvalue weighted by Crippen LogP contribution is 2.19. The molecule has 0 spiro atoms. The average Bonchev–Trinajstić information content (AvgIpc) is 2.55. The molecule has 2 rings (SSSR count). The van der Waals surface area contributed by atoms with Crippen LogP contribution in [0.3, 0.4) is 0 Å². The van der Waals surface area contributed by atoms with Gasteiger partial charge < -0.3 is 10.2 Å². The van der Waals surface area contributed by atoms with Gasteiger partial charge in [0.15, 0.2) is 6.54 Å². The molecule has 2 N–H and O–H groups in total. The van der Waals surface area contributed by atoms with Gasteiger partial charge >= 0.3 is 0 Å². The van der Waals surface area contributed by atoms with Crippen molar-refractivity contribution in [2.75, 3.05) is 32.7 Å². The summed E-state index contributed by atoms with van der Waals surface area (Å²) < 4.78 is 26.7. The van der Waals surface area contributed by atoms with Gasteiger partial charge in [0, 0.05) is 11.1 Å². The number of amides is 1. The van der Waals surface area contributed by atoms with Gasteiger partial charge in [0.2, 0.25) is 10.0 Å². The summed E-state index contributed by atoms with van der Waals surface area (Å²) in [4.78, 5) is 13.3. The standard InChI is InChI=1S/C16H24ClN3O3S/c1-3-13(2)18-16(21)12-19-7-9-20(10-8-19)24(22,23)15-6-4-5-14(17)11-15/h4-6,11,13H,3,7-10,12H2,1-2H3,(H,18,21)/p+1/t13-/m0/s1. The fourth-order valence-corrected chi connectivity index (χ4v) is 4.39. The van der Waals surface area contributed by atoms with Crippen LogP contribution in [0.15, 0.2) is 29.2 Å². The number of carbonyl (C=O) groups excluding carboxylic acids is 1. The third-order valence-corrected chi connectivity index (χ3v) is 6.42. The van der Waals surface area contributed by atoms with Crippen LogP contribution in [0.4, 0.5) is 0 Å². The van der Waals surface area contributed by atoms with E-state index in [1.165, 1.54) is 10.4 Å². The molecule has 1 aliphatic heterocycles. The molecule has 1 heterocycles. The van der Waals surface area contributed by atoms with E-state index >= 15 is 0 Å². The topological polar surface area (TPSA) is 70.9 Å². The Morgan fingerprint density at radius 2 is 2.04 bits per heavy atom. The van der Waals surface area contributed by atoms with Gasteiger partial charge in [-0.25, -0.2) is 8.42 Å². The quantitative estimate of drug-likeness (QED) is 0.744. The molecule has 0 unspecified atom stereocenters. The summed E-state index contributed by atoms with van der Waals surface area (Å²) in [7, 11) is -3.52. The lowest BCUT2D eigenvalue weighted by Gasteiger charge is -2.31. The van der Waals surface area contributed by atoms with Crippen LogP contribution in [-0.4, -0.2) is 57.4 Å². The summed E-state index contributed by atoms with van der Waals surface area (Å²) in [5.41, 5.74) is 0. The lowest BCUT2D eigenvalue weighted by molar-refractivity contribution is -0.895. The predicted molar refractivity (Wildman–Crippen MR) is 93.7 cm³/mol.